The third-order valence-corrected chi connectivity index (χ3v) is 3.66. The molecular formula is C8H17I. The van der Waals surface area contributed by atoms with Crippen molar-refractivity contribution in [1.82, 2.24) is 0 Å². The van der Waals surface area contributed by atoms with Crippen LogP contribution in [0.1, 0.15) is 40.5 Å². The van der Waals surface area contributed by atoms with Gasteiger partial charge in [0.2, 0.25) is 0 Å². The van der Waals surface area contributed by atoms with Crippen molar-refractivity contribution in [3.05, 3.63) is 0 Å². The van der Waals surface area contributed by atoms with Crippen LogP contribution in [0.5, 0.6) is 0 Å². The van der Waals surface area contributed by atoms with Crippen molar-refractivity contribution in [2.75, 3.05) is 0 Å². The minimum Gasteiger partial charge on any atom is -0.0823 e. The van der Waals surface area contributed by atoms with Gasteiger partial charge in [0.05, 0.1) is 0 Å². The quantitative estimate of drug-likeness (QED) is 0.522. The molecule has 0 radical (unpaired) electrons. The van der Waals surface area contributed by atoms with Crippen molar-refractivity contribution < 1.29 is 0 Å². The normalized spacial score (nSPS) is 15.7. The van der Waals surface area contributed by atoms with Gasteiger partial charge in [-0.3, -0.25) is 0 Å². The Balaban J connectivity index is 3.70. The van der Waals surface area contributed by atoms with Crippen molar-refractivity contribution in [3.8, 4) is 0 Å². The van der Waals surface area contributed by atoms with E-state index in [1.165, 1.54) is 12.8 Å². The molecule has 1 atom stereocenters. The topological polar surface area (TPSA) is 0 Å². The van der Waals surface area contributed by atoms with E-state index in [4.69, 9.17) is 0 Å². The molecule has 56 valence electrons. The fraction of sp³-hybridized carbons (Fsp3) is 1.00. The Morgan fingerprint density at radius 3 is 2.00 bits per heavy atom. The second-order valence-electron chi connectivity index (χ2n) is 3.35. The molecule has 0 rings (SSSR count). The summed E-state index contributed by atoms with van der Waals surface area (Å²) in [6, 6.07) is 0. The molecule has 0 aliphatic rings. The molecule has 0 amide bonds. The predicted octanol–water partition coefficient (Wildman–Crippen LogP) is 3.64. The number of halogens is 1. The van der Waals surface area contributed by atoms with E-state index in [1.807, 2.05) is 0 Å². The number of hydrogen-bond acceptors (Lipinski definition) is 0. The smallest absolute Gasteiger partial charge is 0.0132 e. The van der Waals surface area contributed by atoms with Crippen LogP contribution in [0.15, 0.2) is 0 Å². The highest BCUT2D eigenvalue weighted by Crippen LogP contribution is 2.31. The van der Waals surface area contributed by atoms with E-state index in [0.717, 1.165) is 3.92 Å². The van der Waals surface area contributed by atoms with E-state index >= 15 is 0 Å². The lowest BCUT2D eigenvalue weighted by atomic mass is 9.85. The van der Waals surface area contributed by atoms with Crippen LogP contribution in [0, 0.1) is 5.41 Å². The highest BCUT2D eigenvalue weighted by atomic mass is 127. The van der Waals surface area contributed by atoms with Gasteiger partial charge in [-0.05, 0) is 11.8 Å². The van der Waals surface area contributed by atoms with E-state index in [9.17, 15) is 0 Å². The monoisotopic (exact) mass is 240 g/mol. The van der Waals surface area contributed by atoms with Gasteiger partial charge in [0.25, 0.3) is 0 Å². The second kappa shape index (κ2) is 3.79. The summed E-state index contributed by atoms with van der Waals surface area (Å²) in [5, 5.41) is 0. The molecule has 0 aliphatic heterocycles. The zero-order valence-corrected chi connectivity index (χ0v) is 9.03. The average Bonchev–Trinajstić information content (AvgIpc) is 1.65. The summed E-state index contributed by atoms with van der Waals surface area (Å²) < 4.78 is 0.787. The fourth-order valence-corrected chi connectivity index (χ4v) is 1.15. The first-order valence-corrected chi connectivity index (χ1v) is 4.89. The SMILES string of the molecule is CCCC(C)(C)C(C)I. The summed E-state index contributed by atoms with van der Waals surface area (Å²) in [5.74, 6) is 0. The van der Waals surface area contributed by atoms with E-state index in [0.29, 0.717) is 5.41 Å². The zero-order chi connectivity index (χ0) is 7.49. The molecule has 0 heterocycles. The van der Waals surface area contributed by atoms with Crippen LogP contribution in [0.4, 0.5) is 0 Å². The van der Waals surface area contributed by atoms with Gasteiger partial charge in [-0.2, -0.15) is 0 Å². The van der Waals surface area contributed by atoms with Crippen LogP contribution in [-0.2, 0) is 0 Å². The molecule has 0 nitrogen and oxygen atoms in total. The summed E-state index contributed by atoms with van der Waals surface area (Å²) in [5.41, 5.74) is 0.537. The van der Waals surface area contributed by atoms with Crippen molar-refractivity contribution in [1.29, 1.82) is 0 Å². The molecule has 0 aromatic rings. The molecule has 0 N–H and O–H groups in total. The average molecular weight is 240 g/mol. The van der Waals surface area contributed by atoms with E-state index < -0.39 is 0 Å². The Hall–Kier alpha value is 0.730. The zero-order valence-electron chi connectivity index (χ0n) is 6.87. The summed E-state index contributed by atoms with van der Waals surface area (Å²) in [4.78, 5) is 0. The summed E-state index contributed by atoms with van der Waals surface area (Å²) in [6.07, 6.45) is 2.65. The third kappa shape index (κ3) is 3.43. The maximum atomic E-state index is 2.51. The van der Waals surface area contributed by atoms with Crippen molar-refractivity contribution in [3.63, 3.8) is 0 Å². The van der Waals surface area contributed by atoms with Crippen molar-refractivity contribution in [2.45, 2.75) is 44.5 Å². The van der Waals surface area contributed by atoms with Crippen LogP contribution < -0.4 is 0 Å². The lowest BCUT2D eigenvalue weighted by molar-refractivity contribution is 0.339. The van der Waals surface area contributed by atoms with Gasteiger partial charge in [-0.1, -0.05) is 56.7 Å². The molecule has 1 unspecified atom stereocenters. The van der Waals surface area contributed by atoms with E-state index in [-0.39, 0.29) is 0 Å². The summed E-state index contributed by atoms with van der Waals surface area (Å²) in [6.45, 7) is 9.22. The molecule has 0 saturated carbocycles. The van der Waals surface area contributed by atoms with Crippen LogP contribution in [-0.4, -0.2) is 3.92 Å². The predicted molar refractivity (Wildman–Crippen MR) is 52.2 cm³/mol. The minimum atomic E-state index is 0.537. The first-order chi connectivity index (χ1) is 4.00. The summed E-state index contributed by atoms with van der Waals surface area (Å²) >= 11 is 2.51. The molecule has 0 saturated heterocycles. The van der Waals surface area contributed by atoms with Gasteiger partial charge >= 0.3 is 0 Å². The van der Waals surface area contributed by atoms with Gasteiger partial charge in [0, 0.05) is 3.92 Å². The lowest BCUT2D eigenvalue weighted by Gasteiger charge is -2.26. The molecule has 0 aromatic heterocycles. The van der Waals surface area contributed by atoms with Gasteiger partial charge in [-0.25, -0.2) is 0 Å². The Morgan fingerprint density at radius 2 is 1.89 bits per heavy atom. The van der Waals surface area contributed by atoms with E-state index in [1.54, 1.807) is 0 Å². The van der Waals surface area contributed by atoms with Crippen LogP contribution in [0.3, 0.4) is 0 Å². The Labute approximate surface area is 72.6 Å². The first-order valence-electron chi connectivity index (χ1n) is 3.64. The number of hydrogen-bond donors (Lipinski definition) is 0. The van der Waals surface area contributed by atoms with Crippen LogP contribution >= 0.6 is 22.6 Å². The molecule has 1 heteroatoms. The largest absolute Gasteiger partial charge is 0.0823 e. The standard InChI is InChI=1S/C8H17I/c1-5-6-8(3,4)7(2)9/h7H,5-6H2,1-4H3. The molecule has 0 fully saturated rings. The number of alkyl halides is 1. The highest BCUT2D eigenvalue weighted by molar-refractivity contribution is 14.1. The van der Waals surface area contributed by atoms with Crippen molar-refractivity contribution in [2.24, 2.45) is 5.41 Å². The second-order valence-corrected chi connectivity index (χ2v) is 5.22. The molecule has 0 bridgehead atoms. The van der Waals surface area contributed by atoms with Gasteiger partial charge in [-0.15, -0.1) is 0 Å². The lowest BCUT2D eigenvalue weighted by Crippen LogP contribution is -2.20. The van der Waals surface area contributed by atoms with E-state index in [2.05, 4.69) is 50.3 Å². The maximum Gasteiger partial charge on any atom is 0.0132 e. The van der Waals surface area contributed by atoms with Gasteiger partial charge in [0.1, 0.15) is 0 Å². The number of rotatable bonds is 3. The molecule has 0 spiro atoms. The van der Waals surface area contributed by atoms with Gasteiger partial charge < -0.3 is 0 Å². The maximum absolute atomic E-state index is 2.51. The first kappa shape index (κ1) is 9.73. The Morgan fingerprint density at radius 1 is 1.44 bits per heavy atom. The van der Waals surface area contributed by atoms with Gasteiger partial charge in [0.15, 0.2) is 0 Å². The summed E-state index contributed by atoms with van der Waals surface area (Å²) in [7, 11) is 0. The van der Waals surface area contributed by atoms with Crippen LogP contribution in [0.25, 0.3) is 0 Å². The highest BCUT2D eigenvalue weighted by Gasteiger charge is 2.21. The van der Waals surface area contributed by atoms with Crippen molar-refractivity contribution >= 4 is 22.6 Å². The molecular weight excluding hydrogens is 223 g/mol. The Bertz CT molecular complexity index is 74.6. The molecule has 0 aromatic carbocycles. The van der Waals surface area contributed by atoms with Crippen LogP contribution in [0.2, 0.25) is 0 Å². The fourth-order valence-electron chi connectivity index (χ4n) is 0.843. The third-order valence-electron chi connectivity index (χ3n) is 1.97. The Kier molecular flexibility index (Phi) is 4.10. The molecule has 9 heavy (non-hydrogen) atoms. The molecule has 0 aliphatic carbocycles. The minimum absolute atomic E-state index is 0.537.